The second kappa shape index (κ2) is 4.31. The molecule has 0 bridgehead atoms. The van der Waals surface area contributed by atoms with Crippen LogP contribution in [0.3, 0.4) is 0 Å². The molecule has 0 amide bonds. The summed E-state index contributed by atoms with van der Waals surface area (Å²) >= 11 is 0. The first kappa shape index (κ1) is 10.1. The van der Waals surface area contributed by atoms with Gasteiger partial charge in [-0.3, -0.25) is 0 Å². The monoisotopic (exact) mass is 166 g/mol. The highest BCUT2D eigenvalue weighted by Gasteiger charge is 2.35. The maximum Gasteiger partial charge on any atom is 0.109 e. The Morgan fingerprint density at radius 2 is 2.00 bits per heavy atom. The number of hydrogen-bond acceptors (Lipinski definition) is 1. The lowest BCUT2D eigenvalue weighted by Crippen LogP contribution is -2.19. The van der Waals surface area contributed by atoms with Crippen molar-refractivity contribution in [1.29, 1.82) is 0 Å². The SMILES string of the molecule is [B][C@@H]1O[C@H](C)C(C)[C@H]1CCCC. The van der Waals surface area contributed by atoms with Gasteiger partial charge in [0.05, 0.1) is 6.10 Å². The number of rotatable bonds is 3. The molecule has 0 aromatic carbocycles. The number of hydrogen-bond donors (Lipinski definition) is 0. The van der Waals surface area contributed by atoms with E-state index in [2.05, 4.69) is 20.8 Å². The largest absolute Gasteiger partial charge is 0.384 e. The molecule has 1 rings (SSSR count). The molecular formula is C10H19BO. The Bertz CT molecular complexity index is 138. The van der Waals surface area contributed by atoms with E-state index >= 15 is 0 Å². The Morgan fingerprint density at radius 3 is 2.42 bits per heavy atom. The summed E-state index contributed by atoms with van der Waals surface area (Å²) in [4.78, 5) is 0. The summed E-state index contributed by atoms with van der Waals surface area (Å²) in [5, 5.41) is 0. The summed E-state index contributed by atoms with van der Waals surface area (Å²) in [5.74, 6) is 1.21. The van der Waals surface area contributed by atoms with Crippen LogP contribution in [0.4, 0.5) is 0 Å². The average Bonchev–Trinajstić information content (AvgIpc) is 2.25. The summed E-state index contributed by atoms with van der Waals surface area (Å²) in [6, 6.07) is -0.0125. The Kier molecular flexibility index (Phi) is 3.63. The molecule has 0 saturated carbocycles. The van der Waals surface area contributed by atoms with Gasteiger partial charge in [-0.1, -0.05) is 26.7 Å². The van der Waals surface area contributed by atoms with Crippen LogP contribution in [0.2, 0.25) is 0 Å². The summed E-state index contributed by atoms with van der Waals surface area (Å²) in [6.07, 6.45) is 4.11. The normalized spacial score (nSPS) is 41.9. The fraction of sp³-hybridized carbons (Fsp3) is 1.00. The molecule has 1 unspecified atom stereocenters. The third kappa shape index (κ3) is 2.04. The molecule has 4 atom stereocenters. The predicted molar refractivity (Wildman–Crippen MR) is 52.3 cm³/mol. The van der Waals surface area contributed by atoms with E-state index in [0.29, 0.717) is 17.9 Å². The van der Waals surface area contributed by atoms with E-state index in [1.165, 1.54) is 19.3 Å². The van der Waals surface area contributed by atoms with Crippen LogP contribution in [0.25, 0.3) is 0 Å². The predicted octanol–water partition coefficient (Wildman–Crippen LogP) is 2.34. The second-order valence-electron chi connectivity index (χ2n) is 3.97. The highest BCUT2D eigenvalue weighted by molar-refractivity contribution is 6.11. The molecule has 0 aromatic rings. The molecule has 2 radical (unpaired) electrons. The van der Waals surface area contributed by atoms with Crippen LogP contribution in [0.15, 0.2) is 0 Å². The van der Waals surface area contributed by atoms with Gasteiger partial charge in [0, 0.05) is 6.00 Å². The van der Waals surface area contributed by atoms with E-state index in [1.54, 1.807) is 0 Å². The number of unbranched alkanes of at least 4 members (excludes halogenated alkanes) is 1. The van der Waals surface area contributed by atoms with E-state index in [9.17, 15) is 0 Å². The molecule has 1 fully saturated rings. The summed E-state index contributed by atoms with van der Waals surface area (Å²) in [6.45, 7) is 6.59. The van der Waals surface area contributed by atoms with E-state index in [4.69, 9.17) is 12.6 Å². The van der Waals surface area contributed by atoms with Gasteiger partial charge in [-0.15, -0.1) is 0 Å². The van der Waals surface area contributed by atoms with Crippen LogP contribution in [-0.2, 0) is 4.74 Å². The molecule has 68 valence electrons. The van der Waals surface area contributed by atoms with Crippen molar-refractivity contribution in [3.63, 3.8) is 0 Å². The van der Waals surface area contributed by atoms with Crippen molar-refractivity contribution in [2.75, 3.05) is 0 Å². The Morgan fingerprint density at radius 1 is 1.33 bits per heavy atom. The zero-order chi connectivity index (χ0) is 9.14. The van der Waals surface area contributed by atoms with Gasteiger partial charge in [0.25, 0.3) is 0 Å². The van der Waals surface area contributed by atoms with Gasteiger partial charge in [0.2, 0.25) is 0 Å². The van der Waals surface area contributed by atoms with Crippen LogP contribution in [0.5, 0.6) is 0 Å². The van der Waals surface area contributed by atoms with Crippen LogP contribution in [-0.4, -0.2) is 20.0 Å². The fourth-order valence-electron chi connectivity index (χ4n) is 1.99. The van der Waals surface area contributed by atoms with Crippen LogP contribution in [0.1, 0.15) is 40.0 Å². The molecule has 1 heterocycles. The minimum Gasteiger partial charge on any atom is -0.384 e. The third-order valence-corrected chi connectivity index (χ3v) is 3.10. The zero-order valence-corrected chi connectivity index (χ0v) is 8.42. The van der Waals surface area contributed by atoms with Gasteiger partial charge < -0.3 is 4.74 Å². The highest BCUT2D eigenvalue weighted by Crippen LogP contribution is 2.34. The van der Waals surface area contributed by atoms with Crippen LogP contribution >= 0.6 is 0 Å². The Labute approximate surface area is 77.3 Å². The number of ether oxygens (including phenoxy) is 1. The third-order valence-electron chi connectivity index (χ3n) is 3.10. The van der Waals surface area contributed by atoms with Crippen molar-refractivity contribution < 1.29 is 4.74 Å². The summed E-state index contributed by atoms with van der Waals surface area (Å²) in [5.41, 5.74) is 0. The van der Waals surface area contributed by atoms with Crippen molar-refractivity contribution in [3.8, 4) is 0 Å². The minimum atomic E-state index is -0.0125. The molecule has 1 nitrogen and oxygen atoms in total. The topological polar surface area (TPSA) is 9.23 Å². The molecule has 1 saturated heterocycles. The molecule has 1 aliphatic rings. The first-order valence-electron chi connectivity index (χ1n) is 5.07. The summed E-state index contributed by atoms with van der Waals surface area (Å²) < 4.78 is 5.56. The lowest BCUT2D eigenvalue weighted by Gasteiger charge is -2.17. The van der Waals surface area contributed by atoms with Gasteiger partial charge in [-0.05, 0) is 25.2 Å². The molecule has 12 heavy (non-hydrogen) atoms. The maximum atomic E-state index is 5.88. The van der Waals surface area contributed by atoms with E-state index < -0.39 is 0 Å². The lowest BCUT2D eigenvalue weighted by molar-refractivity contribution is 0.0844. The lowest BCUT2D eigenvalue weighted by atomic mass is 9.78. The Hall–Kier alpha value is 0.0249. The van der Waals surface area contributed by atoms with Crippen molar-refractivity contribution in [2.24, 2.45) is 11.8 Å². The molecule has 0 spiro atoms. The summed E-state index contributed by atoms with van der Waals surface area (Å²) in [7, 11) is 5.88. The van der Waals surface area contributed by atoms with Crippen molar-refractivity contribution in [2.45, 2.75) is 52.1 Å². The van der Waals surface area contributed by atoms with Gasteiger partial charge >= 0.3 is 0 Å². The molecule has 2 heteroatoms. The van der Waals surface area contributed by atoms with Crippen LogP contribution < -0.4 is 0 Å². The van der Waals surface area contributed by atoms with Crippen LogP contribution in [0, 0.1) is 11.8 Å². The molecular weight excluding hydrogens is 147 g/mol. The first-order valence-corrected chi connectivity index (χ1v) is 5.07. The quantitative estimate of drug-likeness (QED) is 0.584. The second-order valence-corrected chi connectivity index (χ2v) is 3.97. The van der Waals surface area contributed by atoms with Crippen molar-refractivity contribution in [3.05, 3.63) is 0 Å². The maximum absolute atomic E-state index is 5.88. The fourth-order valence-corrected chi connectivity index (χ4v) is 1.99. The molecule has 0 aliphatic carbocycles. The molecule has 0 aromatic heterocycles. The van der Waals surface area contributed by atoms with Crippen molar-refractivity contribution in [1.82, 2.24) is 0 Å². The zero-order valence-electron chi connectivity index (χ0n) is 8.42. The highest BCUT2D eigenvalue weighted by atomic mass is 16.5. The van der Waals surface area contributed by atoms with Gasteiger partial charge in [0.1, 0.15) is 7.85 Å². The molecule has 1 aliphatic heterocycles. The molecule has 0 N–H and O–H groups in total. The average molecular weight is 166 g/mol. The van der Waals surface area contributed by atoms with E-state index in [0.717, 1.165) is 0 Å². The Balaban J connectivity index is 2.40. The first-order chi connectivity index (χ1) is 5.66. The van der Waals surface area contributed by atoms with E-state index in [-0.39, 0.29) is 6.00 Å². The van der Waals surface area contributed by atoms with Crippen molar-refractivity contribution >= 4 is 7.85 Å². The van der Waals surface area contributed by atoms with Gasteiger partial charge in [-0.25, -0.2) is 0 Å². The van der Waals surface area contributed by atoms with E-state index in [1.807, 2.05) is 0 Å². The van der Waals surface area contributed by atoms with Gasteiger partial charge in [-0.2, -0.15) is 0 Å². The standard InChI is InChI=1S/C10H19BO/c1-4-5-6-9-7(2)8(3)12-10(9)11/h7-10H,4-6H2,1-3H3/t7?,8-,9-,10-/m1/s1. The smallest absolute Gasteiger partial charge is 0.109 e. The van der Waals surface area contributed by atoms with Gasteiger partial charge in [0.15, 0.2) is 0 Å². The minimum absolute atomic E-state index is 0.0125.